The van der Waals surface area contributed by atoms with Crippen LogP contribution in [-0.4, -0.2) is 17.1 Å². The summed E-state index contributed by atoms with van der Waals surface area (Å²) < 4.78 is 0.848. The van der Waals surface area contributed by atoms with Crippen LogP contribution >= 0.6 is 15.9 Å². The summed E-state index contributed by atoms with van der Waals surface area (Å²) in [6, 6.07) is 5.69. The molecule has 1 aromatic carbocycles. The molecule has 0 heterocycles. The minimum Gasteiger partial charge on any atom is -0.478 e. The molecular formula is C14H20BrNO2. The zero-order valence-electron chi connectivity index (χ0n) is 10.9. The van der Waals surface area contributed by atoms with Crippen molar-refractivity contribution in [3.05, 3.63) is 33.8 Å². The fourth-order valence-electron chi connectivity index (χ4n) is 1.88. The van der Waals surface area contributed by atoms with E-state index in [0.29, 0.717) is 11.6 Å². The molecule has 3 nitrogen and oxygen atoms in total. The molecule has 0 saturated carbocycles. The lowest BCUT2D eigenvalue weighted by Crippen LogP contribution is -2.27. The van der Waals surface area contributed by atoms with Gasteiger partial charge in [-0.3, -0.25) is 0 Å². The van der Waals surface area contributed by atoms with Gasteiger partial charge < -0.3 is 10.4 Å². The minimum absolute atomic E-state index is 0.311. The van der Waals surface area contributed by atoms with Crippen molar-refractivity contribution >= 4 is 21.9 Å². The van der Waals surface area contributed by atoms with Crippen molar-refractivity contribution in [3.8, 4) is 0 Å². The van der Waals surface area contributed by atoms with Crippen molar-refractivity contribution in [1.29, 1.82) is 0 Å². The van der Waals surface area contributed by atoms with E-state index in [1.54, 1.807) is 12.1 Å². The molecule has 0 radical (unpaired) electrons. The van der Waals surface area contributed by atoms with E-state index in [2.05, 4.69) is 35.1 Å². The van der Waals surface area contributed by atoms with Gasteiger partial charge in [0.15, 0.2) is 0 Å². The average molecular weight is 314 g/mol. The molecule has 0 amide bonds. The zero-order valence-corrected chi connectivity index (χ0v) is 12.5. The number of nitrogens with one attached hydrogen (secondary N) is 1. The van der Waals surface area contributed by atoms with Crippen molar-refractivity contribution < 1.29 is 9.90 Å². The molecule has 1 aromatic rings. The van der Waals surface area contributed by atoms with E-state index in [0.717, 1.165) is 23.0 Å². The van der Waals surface area contributed by atoms with Crippen molar-refractivity contribution in [1.82, 2.24) is 5.32 Å². The topological polar surface area (TPSA) is 49.3 Å². The maximum Gasteiger partial charge on any atom is 0.335 e. The van der Waals surface area contributed by atoms with E-state index in [1.807, 2.05) is 6.07 Å². The molecule has 1 unspecified atom stereocenters. The lowest BCUT2D eigenvalue weighted by atomic mass is 10.1. The highest BCUT2D eigenvalue weighted by Crippen LogP contribution is 2.19. The summed E-state index contributed by atoms with van der Waals surface area (Å²) in [5.74, 6) is -0.896. The monoisotopic (exact) mass is 313 g/mol. The molecule has 0 aliphatic heterocycles. The van der Waals surface area contributed by atoms with Gasteiger partial charge in [-0.25, -0.2) is 4.79 Å². The van der Waals surface area contributed by atoms with Crippen LogP contribution in [0.2, 0.25) is 0 Å². The van der Waals surface area contributed by atoms with Crippen molar-refractivity contribution in [2.24, 2.45) is 0 Å². The highest BCUT2D eigenvalue weighted by Gasteiger charge is 2.08. The molecule has 4 heteroatoms. The summed E-state index contributed by atoms with van der Waals surface area (Å²) in [5, 5.41) is 12.4. The van der Waals surface area contributed by atoms with Crippen LogP contribution in [0.4, 0.5) is 0 Å². The average Bonchev–Trinajstić information content (AvgIpc) is 2.35. The maximum atomic E-state index is 10.8. The van der Waals surface area contributed by atoms with E-state index >= 15 is 0 Å². The van der Waals surface area contributed by atoms with Crippen molar-refractivity contribution in [2.45, 2.75) is 45.7 Å². The first kappa shape index (κ1) is 15.2. The smallest absolute Gasteiger partial charge is 0.335 e. The fraction of sp³-hybridized carbons (Fsp3) is 0.500. The van der Waals surface area contributed by atoms with Crippen LogP contribution in [0.15, 0.2) is 22.7 Å². The lowest BCUT2D eigenvalue weighted by Gasteiger charge is -2.16. The largest absolute Gasteiger partial charge is 0.478 e. The van der Waals surface area contributed by atoms with Crippen LogP contribution in [0.1, 0.15) is 49.0 Å². The number of hydrogen-bond acceptors (Lipinski definition) is 2. The first-order chi connectivity index (χ1) is 8.58. The summed E-state index contributed by atoms with van der Waals surface area (Å²) in [4.78, 5) is 10.8. The molecule has 0 fully saturated rings. The van der Waals surface area contributed by atoms with E-state index in [4.69, 9.17) is 5.11 Å². The number of rotatable bonds is 7. The second-order valence-electron chi connectivity index (χ2n) is 4.39. The summed E-state index contributed by atoms with van der Waals surface area (Å²) >= 11 is 3.42. The Balaban J connectivity index is 2.65. The Hall–Kier alpha value is -0.870. The molecular weight excluding hydrogens is 294 g/mol. The number of aromatic carboxylic acids is 1. The Morgan fingerprint density at radius 3 is 2.67 bits per heavy atom. The number of halogens is 1. The SMILES string of the molecule is CCCC(CC)NCc1ccc(C(=O)O)cc1Br. The van der Waals surface area contributed by atoms with E-state index in [9.17, 15) is 4.79 Å². The molecule has 100 valence electrons. The first-order valence-electron chi connectivity index (χ1n) is 6.33. The van der Waals surface area contributed by atoms with Crippen molar-refractivity contribution in [2.75, 3.05) is 0 Å². The lowest BCUT2D eigenvalue weighted by molar-refractivity contribution is 0.0697. The number of hydrogen-bond donors (Lipinski definition) is 2. The molecule has 18 heavy (non-hydrogen) atoms. The Morgan fingerprint density at radius 1 is 1.44 bits per heavy atom. The number of benzene rings is 1. The van der Waals surface area contributed by atoms with Gasteiger partial charge in [-0.05, 0) is 30.5 Å². The molecule has 2 N–H and O–H groups in total. The molecule has 0 saturated heterocycles. The van der Waals surface area contributed by atoms with E-state index in [-0.39, 0.29) is 0 Å². The van der Waals surface area contributed by atoms with Crippen LogP contribution in [-0.2, 0) is 6.54 Å². The van der Waals surface area contributed by atoms with Crippen LogP contribution < -0.4 is 5.32 Å². The Labute approximate surface area is 117 Å². The molecule has 0 aromatic heterocycles. The van der Waals surface area contributed by atoms with Crippen LogP contribution in [0.5, 0.6) is 0 Å². The predicted molar refractivity (Wildman–Crippen MR) is 76.9 cm³/mol. The van der Waals surface area contributed by atoms with Gasteiger partial charge in [0.05, 0.1) is 5.56 Å². The summed E-state index contributed by atoms with van der Waals surface area (Å²) in [6.07, 6.45) is 3.45. The first-order valence-corrected chi connectivity index (χ1v) is 7.12. The summed E-state index contributed by atoms with van der Waals surface area (Å²) in [5.41, 5.74) is 1.40. The number of carboxylic acid groups (broad SMARTS) is 1. The van der Waals surface area contributed by atoms with Gasteiger partial charge in [-0.2, -0.15) is 0 Å². The van der Waals surface area contributed by atoms with Gasteiger partial charge in [0.2, 0.25) is 0 Å². The van der Waals surface area contributed by atoms with Crippen LogP contribution in [0.25, 0.3) is 0 Å². The molecule has 1 rings (SSSR count). The standard InChI is InChI=1S/C14H20BrNO2/c1-3-5-12(4-2)16-9-11-7-6-10(14(17)18)8-13(11)15/h6-8,12,16H,3-5,9H2,1-2H3,(H,17,18). The van der Waals surface area contributed by atoms with Crippen LogP contribution in [0.3, 0.4) is 0 Å². The maximum absolute atomic E-state index is 10.8. The van der Waals surface area contributed by atoms with Gasteiger partial charge in [0, 0.05) is 17.1 Å². The number of carboxylic acids is 1. The Bertz CT molecular complexity index is 407. The second kappa shape index (κ2) is 7.54. The van der Waals surface area contributed by atoms with Gasteiger partial charge in [-0.1, -0.05) is 42.3 Å². The molecule has 0 aliphatic rings. The van der Waals surface area contributed by atoms with Gasteiger partial charge in [0.1, 0.15) is 0 Å². The normalized spacial score (nSPS) is 12.4. The van der Waals surface area contributed by atoms with Gasteiger partial charge in [-0.15, -0.1) is 0 Å². The van der Waals surface area contributed by atoms with E-state index in [1.165, 1.54) is 12.8 Å². The van der Waals surface area contributed by atoms with Crippen molar-refractivity contribution in [3.63, 3.8) is 0 Å². The third kappa shape index (κ3) is 4.42. The highest BCUT2D eigenvalue weighted by molar-refractivity contribution is 9.10. The fourth-order valence-corrected chi connectivity index (χ4v) is 2.40. The zero-order chi connectivity index (χ0) is 13.5. The number of carbonyl (C=O) groups is 1. The third-order valence-corrected chi connectivity index (χ3v) is 3.75. The second-order valence-corrected chi connectivity index (χ2v) is 5.24. The molecule has 0 bridgehead atoms. The molecule has 1 atom stereocenters. The van der Waals surface area contributed by atoms with E-state index < -0.39 is 5.97 Å². The molecule has 0 aliphatic carbocycles. The Kier molecular flexibility index (Phi) is 6.36. The summed E-state index contributed by atoms with van der Waals surface area (Å²) in [6.45, 7) is 5.12. The van der Waals surface area contributed by atoms with Gasteiger partial charge >= 0.3 is 5.97 Å². The highest BCUT2D eigenvalue weighted by atomic mass is 79.9. The molecule has 0 spiro atoms. The Morgan fingerprint density at radius 2 is 2.17 bits per heavy atom. The third-order valence-electron chi connectivity index (χ3n) is 3.01. The summed E-state index contributed by atoms with van der Waals surface area (Å²) in [7, 11) is 0. The van der Waals surface area contributed by atoms with Gasteiger partial charge in [0.25, 0.3) is 0 Å². The van der Waals surface area contributed by atoms with Crippen LogP contribution in [0, 0.1) is 0 Å². The quantitative estimate of drug-likeness (QED) is 0.804. The predicted octanol–water partition coefficient (Wildman–Crippen LogP) is 3.82. The minimum atomic E-state index is -0.896.